The van der Waals surface area contributed by atoms with Crippen LogP contribution in [0.25, 0.3) is 5.53 Å². The van der Waals surface area contributed by atoms with Crippen LogP contribution in [0.1, 0.15) is 20.8 Å². The normalized spacial score (nSPS) is 12.6. The molecule has 0 heterocycles. The van der Waals surface area contributed by atoms with Gasteiger partial charge in [-0.15, -0.1) is 0 Å². The topological polar surface area (TPSA) is 91.8 Å². The minimum absolute atomic E-state index is 0.0983. The largest absolute Gasteiger partial charge is 0.457 e. The SMILES string of the molecule is CCOC(=O)C(=[N+]=[N-])[C@@H](NC(=O)C(Cl)(Cl)Cl)C(C)C. The second-order valence-corrected chi connectivity index (χ2v) is 6.18. The van der Waals surface area contributed by atoms with Crippen molar-refractivity contribution in [3.63, 3.8) is 0 Å². The van der Waals surface area contributed by atoms with Crippen molar-refractivity contribution in [1.29, 1.82) is 0 Å². The second kappa shape index (κ2) is 7.70. The van der Waals surface area contributed by atoms with Crippen molar-refractivity contribution in [3.8, 4) is 0 Å². The minimum atomic E-state index is -2.18. The van der Waals surface area contributed by atoms with Crippen LogP contribution >= 0.6 is 34.8 Å². The lowest BCUT2D eigenvalue weighted by atomic mass is 9.99. The van der Waals surface area contributed by atoms with Gasteiger partial charge in [-0.25, -0.2) is 4.79 Å². The molecule has 0 saturated heterocycles. The van der Waals surface area contributed by atoms with Crippen molar-refractivity contribution in [3.05, 3.63) is 5.53 Å². The van der Waals surface area contributed by atoms with Gasteiger partial charge in [0.05, 0.1) is 6.61 Å². The Balaban J connectivity index is 5.17. The summed E-state index contributed by atoms with van der Waals surface area (Å²) < 4.78 is 2.54. The number of hydrogen-bond acceptors (Lipinski definition) is 3. The molecule has 9 heteroatoms. The van der Waals surface area contributed by atoms with E-state index in [2.05, 4.69) is 10.1 Å². The zero-order valence-electron chi connectivity index (χ0n) is 10.6. The number of halogens is 3. The molecule has 0 aromatic carbocycles. The van der Waals surface area contributed by atoms with E-state index in [-0.39, 0.29) is 18.2 Å². The van der Waals surface area contributed by atoms with E-state index >= 15 is 0 Å². The van der Waals surface area contributed by atoms with Crippen LogP contribution < -0.4 is 5.32 Å². The number of amides is 1. The lowest BCUT2D eigenvalue weighted by Crippen LogP contribution is -2.51. The van der Waals surface area contributed by atoms with Gasteiger partial charge in [0.25, 0.3) is 9.70 Å². The van der Waals surface area contributed by atoms with Crippen LogP contribution in [0.2, 0.25) is 0 Å². The third-order valence-corrected chi connectivity index (χ3v) is 2.61. The Kier molecular flexibility index (Phi) is 7.37. The predicted molar refractivity (Wildman–Crippen MR) is 72.3 cm³/mol. The highest BCUT2D eigenvalue weighted by Gasteiger charge is 2.40. The van der Waals surface area contributed by atoms with E-state index in [9.17, 15) is 9.59 Å². The standard InChI is InChI=1S/C10H14Cl3N3O3/c1-4-19-8(17)7(16-14)6(5(2)3)15-9(18)10(11,12)13/h5-6H,4H2,1-3H3,(H,15,18)/t6-/m0/s1. The summed E-state index contributed by atoms with van der Waals surface area (Å²) in [6.45, 7) is 5.07. The average molecular weight is 331 g/mol. The summed E-state index contributed by atoms with van der Waals surface area (Å²) in [5.41, 5.74) is 8.53. The number of nitrogens with one attached hydrogen (secondary N) is 1. The van der Waals surface area contributed by atoms with E-state index in [1.807, 2.05) is 0 Å². The van der Waals surface area contributed by atoms with Crippen LogP contribution in [-0.2, 0) is 14.3 Å². The lowest BCUT2D eigenvalue weighted by molar-refractivity contribution is -0.140. The first-order chi connectivity index (χ1) is 8.65. The summed E-state index contributed by atoms with van der Waals surface area (Å²) in [7, 11) is 0. The molecule has 0 rings (SSSR count). The van der Waals surface area contributed by atoms with Gasteiger partial charge in [0.2, 0.25) is 0 Å². The lowest BCUT2D eigenvalue weighted by Gasteiger charge is -2.20. The van der Waals surface area contributed by atoms with Gasteiger partial charge >= 0.3 is 11.7 Å². The summed E-state index contributed by atoms with van der Waals surface area (Å²) in [5.74, 6) is -2.07. The zero-order chi connectivity index (χ0) is 15.2. The number of alkyl halides is 3. The first-order valence-corrected chi connectivity index (χ1v) is 6.55. The van der Waals surface area contributed by atoms with Crippen molar-refractivity contribution >= 4 is 52.4 Å². The third kappa shape index (κ3) is 5.78. The Hall–Kier alpha value is -0.810. The van der Waals surface area contributed by atoms with Gasteiger partial charge in [-0.1, -0.05) is 48.7 Å². The molecule has 0 aliphatic heterocycles. The molecule has 0 saturated carbocycles. The van der Waals surface area contributed by atoms with Crippen molar-refractivity contribution in [2.24, 2.45) is 5.92 Å². The molecule has 0 aromatic heterocycles. The number of nitrogens with zero attached hydrogens (tertiary/aromatic N) is 2. The van der Waals surface area contributed by atoms with E-state index in [0.29, 0.717) is 0 Å². The molecule has 6 nitrogen and oxygen atoms in total. The van der Waals surface area contributed by atoms with Gasteiger partial charge in [-0.3, -0.25) is 4.79 Å². The second-order valence-electron chi connectivity index (χ2n) is 3.90. The van der Waals surface area contributed by atoms with E-state index < -0.39 is 21.7 Å². The first-order valence-electron chi connectivity index (χ1n) is 5.41. The highest BCUT2D eigenvalue weighted by Crippen LogP contribution is 2.26. The Morgan fingerprint density at radius 1 is 1.37 bits per heavy atom. The van der Waals surface area contributed by atoms with E-state index in [1.54, 1.807) is 20.8 Å². The Bertz CT molecular complexity index is 401. The molecule has 0 aliphatic carbocycles. The Labute approximate surface area is 126 Å². The van der Waals surface area contributed by atoms with Crippen molar-refractivity contribution in [2.45, 2.75) is 30.6 Å². The molecule has 0 spiro atoms. The van der Waals surface area contributed by atoms with Crippen LogP contribution in [0, 0.1) is 5.92 Å². The van der Waals surface area contributed by atoms with Crippen LogP contribution in [0.15, 0.2) is 0 Å². The van der Waals surface area contributed by atoms with Gasteiger partial charge in [0.15, 0.2) is 0 Å². The maximum Gasteiger partial charge on any atom is 0.419 e. The van der Waals surface area contributed by atoms with E-state index in [4.69, 9.17) is 45.1 Å². The highest BCUT2D eigenvalue weighted by atomic mass is 35.6. The average Bonchev–Trinajstić information content (AvgIpc) is 2.27. The monoisotopic (exact) mass is 329 g/mol. The molecule has 108 valence electrons. The highest BCUT2D eigenvalue weighted by molar-refractivity contribution is 6.76. The fourth-order valence-corrected chi connectivity index (χ4v) is 1.37. The fourth-order valence-electron chi connectivity index (χ4n) is 1.21. The number of hydrogen-bond donors (Lipinski definition) is 1. The molecule has 0 unspecified atom stereocenters. The maximum absolute atomic E-state index is 11.6. The summed E-state index contributed by atoms with van der Waals surface area (Å²) in [4.78, 5) is 26.0. The van der Waals surface area contributed by atoms with Crippen molar-refractivity contribution in [2.75, 3.05) is 6.61 Å². The fraction of sp³-hybridized carbons (Fsp3) is 0.700. The molecular formula is C10H14Cl3N3O3. The predicted octanol–water partition coefficient (Wildman–Crippen LogP) is 1.73. The number of carbonyl (C=O) groups excluding carboxylic acids is 2. The number of esters is 1. The molecular weight excluding hydrogens is 316 g/mol. The molecule has 1 atom stereocenters. The van der Waals surface area contributed by atoms with Crippen molar-refractivity contribution in [1.82, 2.24) is 5.32 Å². The van der Waals surface area contributed by atoms with Crippen molar-refractivity contribution < 1.29 is 19.1 Å². The van der Waals surface area contributed by atoms with Crippen LogP contribution in [0.4, 0.5) is 0 Å². The van der Waals surface area contributed by atoms with Gasteiger partial charge < -0.3 is 15.6 Å². The molecule has 1 amide bonds. The molecule has 0 fully saturated rings. The quantitative estimate of drug-likeness (QED) is 0.273. The number of ether oxygens (including phenoxy) is 1. The van der Waals surface area contributed by atoms with Gasteiger partial charge in [0.1, 0.15) is 6.04 Å². The molecule has 19 heavy (non-hydrogen) atoms. The zero-order valence-corrected chi connectivity index (χ0v) is 12.9. The maximum atomic E-state index is 11.6. The first kappa shape index (κ1) is 18.2. The summed E-state index contributed by atoms with van der Waals surface area (Å²) in [6.07, 6.45) is 0. The number of carbonyl (C=O) groups is 2. The molecule has 0 aliphatic rings. The smallest absolute Gasteiger partial charge is 0.419 e. The minimum Gasteiger partial charge on any atom is -0.457 e. The third-order valence-electron chi connectivity index (χ3n) is 2.10. The number of rotatable bonds is 5. The summed E-state index contributed by atoms with van der Waals surface area (Å²) >= 11 is 16.3. The molecule has 0 bridgehead atoms. The Morgan fingerprint density at radius 2 is 1.89 bits per heavy atom. The van der Waals surface area contributed by atoms with Gasteiger partial charge in [-0.05, 0) is 12.8 Å². The van der Waals surface area contributed by atoms with Crippen LogP contribution in [0.5, 0.6) is 0 Å². The van der Waals surface area contributed by atoms with Gasteiger partial charge in [0, 0.05) is 0 Å². The molecule has 0 aromatic rings. The van der Waals surface area contributed by atoms with E-state index in [0.717, 1.165) is 0 Å². The van der Waals surface area contributed by atoms with Gasteiger partial charge in [-0.2, -0.15) is 4.79 Å². The van der Waals surface area contributed by atoms with Crippen LogP contribution in [-0.4, -0.2) is 38.8 Å². The van der Waals surface area contributed by atoms with E-state index in [1.165, 1.54) is 0 Å². The summed E-state index contributed by atoms with van der Waals surface area (Å²) in [5, 5.41) is 2.32. The van der Waals surface area contributed by atoms with Crippen LogP contribution in [0.3, 0.4) is 0 Å². The summed E-state index contributed by atoms with van der Waals surface area (Å²) in [6, 6.07) is -0.938. The molecule has 1 N–H and O–H groups in total. The molecule has 0 radical (unpaired) electrons. The Morgan fingerprint density at radius 3 is 2.21 bits per heavy atom.